The van der Waals surface area contributed by atoms with Crippen LogP contribution in [0.4, 0.5) is 11.4 Å². The van der Waals surface area contributed by atoms with Gasteiger partial charge in [0.15, 0.2) is 6.61 Å². The Kier molecular flexibility index (Phi) is 6.84. The van der Waals surface area contributed by atoms with Gasteiger partial charge in [0.1, 0.15) is 5.75 Å². The molecule has 0 radical (unpaired) electrons. The number of carboxylic acids is 1. The summed E-state index contributed by atoms with van der Waals surface area (Å²) in [6, 6.07) is 13.3. The molecule has 7 heteroatoms. The van der Waals surface area contributed by atoms with Crippen LogP contribution in [0.15, 0.2) is 48.5 Å². The fourth-order valence-corrected chi connectivity index (χ4v) is 3.36. The maximum absolute atomic E-state index is 12.5. The molecule has 29 heavy (non-hydrogen) atoms. The van der Waals surface area contributed by atoms with Crippen molar-refractivity contribution in [1.82, 2.24) is 0 Å². The van der Waals surface area contributed by atoms with Crippen LogP contribution < -0.4 is 15.4 Å². The van der Waals surface area contributed by atoms with Crippen LogP contribution in [0.5, 0.6) is 5.75 Å². The standard InChI is InChI=1S/C22H24N2O5/c25-20(26)14-29-19-11-4-8-16(12-19)22(28)24-18-10-5-9-17(13-18)23-21(27)15-6-2-1-3-7-15/h4-5,8-13,15H,1-3,6-7,14H2,(H,23,27)(H,24,28)(H,25,26). The topological polar surface area (TPSA) is 105 Å². The summed E-state index contributed by atoms with van der Waals surface area (Å²) in [5.74, 6) is -1.07. The Morgan fingerprint density at radius 2 is 1.62 bits per heavy atom. The van der Waals surface area contributed by atoms with E-state index in [-0.39, 0.29) is 17.7 Å². The number of amides is 2. The van der Waals surface area contributed by atoms with E-state index in [9.17, 15) is 14.4 Å². The summed E-state index contributed by atoms with van der Waals surface area (Å²) in [6.07, 6.45) is 5.20. The summed E-state index contributed by atoms with van der Waals surface area (Å²) in [4.78, 5) is 35.5. The van der Waals surface area contributed by atoms with Crippen molar-refractivity contribution in [2.45, 2.75) is 32.1 Å². The van der Waals surface area contributed by atoms with Gasteiger partial charge in [0, 0.05) is 22.9 Å². The molecule has 2 aromatic carbocycles. The Hall–Kier alpha value is -3.35. The molecule has 0 heterocycles. The number of ether oxygens (including phenoxy) is 1. The van der Waals surface area contributed by atoms with E-state index in [1.165, 1.54) is 12.5 Å². The number of hydrogen-bond acceptors (Lipinski definition) is 4. The highest BCUT2D eigenvalue weighted by Gasteiger charge is 2.21. The van der Waals surface area contributed by atoms with Crippen molar-refractivity contribution in [3.8, 4) is 5.75 Å². The summed E-state index contributed by atoms with van der Waals surface area (Å²) < 4.78 is 5.10. The molecule has 1 aliphatic rings. The summed E-state index contributed by atoms with van der Waals surface area (Å²) in [5, 5.41) is 14.4. The molecule has 0 atom stereocenters. The van der Waals surface area contributed by atoms with E-state index in [1.807, 2.05) is 0 Å². The van der Waals surface area contributed by atoms with E-state index in [4.69, 9.17) is 9.84 Å². The zero-order valence-corrected chi connectivity index (χ0v) is 16.0. The predicted molar refractivity (Wildman–Crippen MR) is 109 cm³/mol. The molecule has 0 unspecified atom stereocenters. The first-order valence-corrected chi connectivity index (χ1v) is 9.68. The number of carbonyl (C=O) groups excluding carboxylic acids is 2. The lowest BCUT2D eigenvalue weighted by Crippen LogP contribution is -2.24. The Morgan fingerprint density at radius 1 is 0.931 bits per heavy atom. The molecule has 1 aliphatic carbocycles. The van der Waals surface area contributed by atoms with Gasteiger partial charge in [0.25, 0.3) is 5.91 Å². The van der Waals surface area contributed by atoms with Gasteiger partial charge in [-0.25, -0.2) is 4.79 Å². The average molecular weight is 396 g/mol. The summed E-state index contributed by atoms with van der Waals surface area (Å²) >= 11 is 0. The van der Waals surface area contributed by atoms with Crippen molar-refractivity contribution < 1.29 is 24.2 Å². The number of rotatable bonds is 7. The van der Waals surface area contributed by atoms with Crippen molar-refractivity contribution in [3.63, 3.8) is 0 Å². The van der Waals surface area contributed by atoms with E-state index in [0.29, 0.717) is 22.7 Å². The summed E-state index contributed by atoms with van der Waals surface area (Å²) in [5.41, 5.74) is 1.52. The molecule has 2 amide bonds. The maximum atomic E-state index is 12.5. The molecule has 0 spiro atoms. The molecule has 2 aromatic rings. The number of anilines is 2. The van der Waals surface area contributed by atoms with Crippen LogP contribution >= 0.6 is 0 Å². The van der Waals surface area contributed by atoms with E-state index in [0.717, 1.165) is 25.7 Å². The van der Waals surface area contributed by atoms with Crippen LogP contribution in [0.3, 0.4) is 0 Å². The Balaban J connectivity index is 1.62. The van der Waals surface area contributed by atoms with E-state index < -0.39 is 12.6 Å². The first-order valence-electron chi connectivity index (χ1n) is 9.68. The Morgan fingerprint density at radius 3 is 2.34 bits per heavy atom. The van der Waals surface area contributed by atoms with Gasteiger partial charge in [-0.3, -0.25) is 9.59 Å². The number of aliphatic carboxylic acids is 1. The highest BCUT2D eigenvalue weighted by Crippen LogP contribution is 2.25. The molecule has 1 fully saturated rings. The van der Waals surface area contributed by atoms with Gasteiger partial charge in [0.05, 0.1) is 0 Å². The number of hydrogen-bond donors (Lipinski definition) is 3. The summed E-state index contributed by atoms with van der Waals surface area (Å²) in [7, 11) is 0. The third-order valence-electron chi connectivity index (χ3n) is 4.82. The van der Waals surface area contributed by atoms with Gasteiger partial charge < -0.3 is 20.5 Å². The zero-order valence-electron chi connectivity index (χ0n) is 16.0. The van der Waals surface area contributed by atoms with Gasteiger partial charge in [0.2, 0.25) is 5.91 Å². The number of carboxylic acid groups (broad SMARTS) is 1. The number of carbonyl (C=O) groups is 3. The van der Waals surface area contributed by atoms with Crippen molar-refractivity contribution in [1.29, 1.82) is 0 Å². The van der Waals surface area contributed by atoms with E-state index in [1.54, 1.807) is 42.5 Å². The Bertz CT molecular complexity index is 890. The minimum absolute atomic E-state index is 0.0245. The summed E-state index contributed by atoms with van der Waals surface area (Å²) in [6.45, 7) is -0.478. The molecule has 0 saturated heterocycles. The quantitative estimate of drug-likeness (QED) is 0.658. The van der Waals surface area contributed by atoms with Gasteiger partial charge in [-0.2, -0.15) is 0 Å². The molecule has 7 nitrogen and oxygen atoms in total. The fraction of sp³-hybridized carbons (Fsp3) is 0.318. The van der Waals surface area contributed by atoms with Gasteiger partial charge in [-0.05, 0) is 49.2 Å². The first kappa shape index (κ1) is 20.4. The van der Waals surface area contributed by atoms with Gasteiger partial charge >= 0.3 is 5.97 Å². The number of benzene rings is 2. The second kappa shape index (κ2) is 9.73. The lowest BCUT2D eigenvalue weighted by molar-refractivity contribution is -0.139. The maximum Gasteiger partial charge on any atom is 0.341 e. The van der Waals surface area contributed by atoms with Crippen LogP contribution in [-0.2, 0) is 9.59 Å². The molecule has 1 saturated carbocycles. The molecular weight excluding hydrogens is 372 g/mol. The third-order valence-corrected chi connectivity index (χ3v) is 4.82. The molecule has 0 aliphatic heterocycles. The largest absolute Gasteiger partial charge is 0.482 e. The van der Waals surface area contributed by atoms with Crippen LogP contribution in [0.2, 0.25) is 0 Å². The molecule has 152 valence electrons. The monoisotopic (exact) mass is 396 g/mol. The molecule has 3 N–H and O–H groups in total. The fourth-order valence-electron chi connectivity index (χ4n) is 3.36. The van der Waals surface area contributed by atoms with Crippen LogP contribution in [0, 0.1) is 5.92 Å². The van der Waals surface area contributed by atoms with Crippen molar-refractivity contribution >= 4 is 29.2 Å². The second-order valence-electron chi connectivity index (χ2n) is 7.07. The van der Waals surface area contributed by atoms with Crippen molar-refractivity contribution in [2.24, 2.45) is 5.92 Å². The smallest absolute Gasteiger partial charge is 0.341 e. The minimum Gasteiger partial charge on any atom is -0.482 e. The van der Waals surface area contributed by atoms with E-state index >= 15 is 0 Å². The van der Waals surface area contributed by atoms with Crippen LogP contribution in [0.1, 0.15) is 42.5 Å². The van der Waals surface area contributed by atoms with Crippen molar-refractivity contribution in [3.05, 3.63) is 54.1 Å². The predicted octanol–water partition coefficient (Wildman–Crippen LogP) is 3.92. The third kappa shape index (κ3) is 6.07. The van der Waals surface area contributed by atoms with Crippen molar-refractivity contribution in [2.75, 3.05) is 17.2 Å². The van der Waals surface area contributed by atoms with Gasteiger partial charge in [-0.1, -0.05) is 31.4 Å². The minimum atomic E-state index is -1.09. The normalized spacial score (nSPS) is 14.1. The lowest BCUT2D eigenvalue weighted by Gasteiger charge is -2.20. The highest BCUT2D eigenvalue weighted by atomic mass is 16.5. The second-order valence-corrected chi connectivity index (χ2v) is 7.07. The number of nitrogens with one attached hydrogen (secondary N) is 2. The SMILES string of the molecule is O=C(O)COc1cccc(C(=O)Nc2cccc(NC(=O)C3CCCCC3)c2)c1. The van der Waals surface area contributed by atoms with Crippen LogP contribution in [0.25, 0.3) is 0 Å². The molecular formula is C22H24N2O5. The highest BCUT2D eigenvalue weighted by molar-refractivity contribution is 6.05. The molecule has 3 rings (SSSR count). The average Bonchev–Trinajstić information content (AvgIpc) is 2.73. The van der Waals surface area contributed by atoms with E-state index in [2.05, 4.69) is 10.6 Å². The molecule has 0 aromatic heterocycles. The Labute approximate surface area is 169 Å². The van der Waals surface area contributed by atoms with Crippen LogP contribution in [-0.4, -0.2) is 29.5 Å². The van der Waals surface area contributed by atoms with Gasteiger partial charge in [-0.15, -0.1) is 0 Å². The molecule has 0 bridgehead atoms. The zero-order chi connectivity index (χ0) is 20.6. The first-order chi connectivity index (χ1) is 14.0. The lowest BCUT2D eigenvalue weighted by atomic mass is 9.88.